The Morgan fingerprint density at radius 1 is 0.667 bits per heavy atom. The maximum absolute atomic E-state index is 13.1. The van der Waals surface area contributed by atoms with Gasteiger partial charge in [0.1, 0.15) is 0 Å². The van der Waals surface area contributed by atoms with Crippen molar-refractivity contribution >= 4 is 11.9 Å². The first-order valence-corrected chi connectivity index (χ1v) is 12.7. The summed E-state index contributed by atoms with van der Waals surface area (Å²) in [6.45, 7) is 7.24. The van der Waals surface area contributed by atoms with Crippen LogP contribution in [-0.2, 0) is 19.1 Å². The maximum atomic E-state index is 13.1. The molecule has 0 spiro atoms. The van der Waals surface area contributed by atoms with E-state index >= 15 is 0 Å². The predicted molar refractivity (Wildman–Crippen MR) is 123 cm³/mol. The molecule has 1 rings (SSSR count). The average Bonchev–Trinajstić information content (AvgIpc) is 2.76. The number of hydrogen-bond donors (Lipinski definition) is 0. The van der Waals surface area contributed by atoms with Crippen LogP contribution >= 0.6 is 0 Å². The van der Waals surface area contributed by atoms with Crippen molar-refractivity contribution in [2.24, 2.45) is 5.92 Å². The van der Waals surface area contributed by atoms with Crippen LogP contribution in [0.4, 0.5) is 0 Å². The molecule has 30 heavy (non-hydrogen) atoms. The van der Waals surface area contributed by atoms with E-state index in [0.29, 0.717) is 30.8 Å². The number of carbonyl (C=O) groups is 2. The third-order valence-electron chi connectivity index (χ3n) is 6.05. The summed E-state index contributed by atoms with van der Waals surface area (Å²) in [5.41, 5.74) is 1.25. The van der Waals surface area contributed by atoms with Crippen molar-refractivity contribution in [1.82, 2.24) is 0 Å². The van der Waals surface area contributed by atoms with E-state index in [0.717, 1.165) is 64.2 Å². The third kappa shape index (κ3) is 10.6. The van der Waals surface area contributed by atoms with E-state index in [9.17, 15) is 9.59 Å². The fourth-order valence-electron chi connectivity index (χ4n) is 4.14. The molecule has 0 aromatic rings. The summed E-state index contributed by atoms with van der Waals surface area (Å²) in [6, 6.07) is 0. The number of unbranched alkanes of at least 4 members (excludes halogenated alkanes) is 7. The topological polar surface area (TPSA) is 52.6 Å². The smallest absolute Gasteiger partial charge is 0.334 e. The first-order chi connectivity index (χ1) is 14.7. The van der Waals surface area contributed by atoms with Crippen LogP contribution in [0.1, 0.15) is 124 Å². The lowest BCUT2D eigenvalue weighted by Crippen LogP contribution is -2.24. The number of rotatable bonds is 16. The molecule has 174 valence electrons. The Labute approximate surface area is 185 Å². The van der Waals surface area contributed by atoms with Gasteiger partial charge in [0.25, 0.3) is 0 Å². The van der Waals surface area contributed by atoms with Crippen LogP contribution in [0.25, 0.3) is 0 Å². The monoisotopic (exact) mass is 422 g/mol. The van der Waals surface area contributed by atoms with Crippen molar-refractivity contribution in [2.45, 2.75) is 124 Å². The van der Waals surface area contributed by atoms with Crippen molar-refractivity contribution in [1.29, 1.82) is 0 Å². The van der Waals surface area contributed by atoms with Gasteiger partial charge in [-0.15, -0.1) is 0 Å². The lowest BCUT2D eigenvalue weighted by molar-refractivity contribution is -0.143. The Balaban J connectivity index is 2.99. The minimum atomic E-state index is -0.287. The lowest BCUT2D eigenvalue weighted by Gasteiger charge is -2.26. The number of ether oxygens (including phenoxy) is 2. The average molecular weight is 423 g/mol. The molecule has 0 radical (unpaired) electrons. The molecule has 0 aliphatic heterocycles. The summed E-state index contributed by atoms with van der Waals surface area (Å²) >= 11 is 0. The number of hydrogen-bond acceptors (Lipinski definition) is 4. The third-order valence-corrected chi connectivity index (χ3v) is 6.05. The Bertz CT molecular complexity index is 503. The summed E-state index contributed by atoms with van der Waals surface area (Å²) in [4.78, 5) is 26.1. The van der Waals surface area contributed by atoms with Gasteiger partial charge in [-0.3, -0.25) is 0 Å². The standard InChI is InChI=1S/C26H46O4/c1-4-7-10-11-12-16-19-23(25(27)29-20-8-5-2)24(22-17-14-13-15-18-22)26(28)30-21-9-6-3/h22H,4-21H2,1-3H3/b24-23-. The van der Waals surface area contributed by atoms with Crippen molar-refractivity contribution in [3.63, 3.8) is 0 Å². The van der Waals surface area contributed by atoms with Crippen LogP contribution < -0.4 is 0 Å². The minimum absolute atomic E-state index is 0.140. The second-order valence-electron chi connectivity index (χ2n) is 8.72. The largest absolute Gasteiger partial charge is 0.462 e. The lowest BCUT2D eigenvalue weighted by atomic mass is 9.80. The van der Waals surface area contributed by atoms with E-state index in [2.05, 4.69) is 20.8 Å². The van der Waals surface area contributed by atoms with Crippen LogP contribution in [0.3, 0.4) is 0 Å². The molecule has 0 amide bonds. The molecule has 0 aromatic carbocycles. The van der Waals surface area contributed by atoms with E-state index in [4.69, 9.17) is 9.47 Å². The van der Waals surface area contributed by atoms with Crippen molar-refractivity contribution in [2.75, 3.05) is 13.2 Å². The summed E-state index contributed by atoms with van der Waals surface area (Å²) in [5.74, 6) is -0.421. The van der Waals surface area contributed by atoms with Gasteiger partial charge in [0.05, 0.1) is 18.8 Å². The highest BCUT2D eigenvalue weighted by molar-refractivity contribution is 6.00. The summed E-state index contributed by atoms with van der Waals surface area (Å²) < 4.78 is 11.2. The van der Waals surface area contributed by atoms with E-state index in [1.807, 2.05) is 0 Å². The van der Waals surface area contributed by atoms with Gasteiger partial charge >= 0.3 is 11.9 Å². The summed E-state index contributed by atoms with van der Waals surface area (Å²) in [7, 11) is 0. The molecule has 0 bridgehead atoms. The molecule has 0 heterocycles. The molecule has 0 unspecified atom stereocenters. The van der Waals surface area contributed by atoms with E-state index < -0.39 is 0 Å². The quantitative estimate of drug-likeness (QED) is 0.149. The highest BCUT2D eigenvalue weighted by Gasteiger charge is 2.30. The highest BCUT2D eigenvalue weighted by Crippen LogP contribution is 2.34. The van der Waals surface area contributed by atoms with Crippen LogP contribution in [0.2, 0.25) is 0 Å². The Kier molecular flexibility index (Phi) is 15.5. The summed E-state index contributed by atoms with van der Waals surface area (Å²) in [5, 5.41) is 0. The van der Waals surface area contributed by atoms with Gasteiger partial charge < -0.3 is 9.47 Å². The van der Waals surface area contributed by atoms with Gasteiger partial charge in [-0.25, -0.2) is 9.59 Å². The second-order valence-corrected chi connectivity index (χ2v) is 8.72. The highest BCUT2D eigenvalue weighted by atomic mass is 16.5. The van der Waals surface area contributed by atoms with Gasteiger partial charge in [-0.05, 0) is 44.4 Å². The molecule has 0 saturated heterocycles. The molecular formula is C26H46O4. The fraction of sp³-hybridized carbons (Fsp3) is 0.846. The molecule has 4 nitrogen and oxygen atoms in total. The van der Waals surface area contributed by atoms with E-state index in [1.54, 1.807) is 0 Å². The molecule has 1 saturated carbocycles. The van der Waals surface area contributed by atoms with E-state index in [1.165, 1.54) is 32.1 Å². The van der Waals surface area contributed by atoms with E-state index in [-0.39, 0.29) is 17.9 Å². The van der Waals surface area contributed by atoms with Crippen LogP contribution in [0, 0.1) is 5.92 Å². The Morgan fingerprint density at radius 3 is 1.80 bits per heavy atom. The van der Waals surface area contributed by atoms with Crippen molar-refractivity contribution in [3.8, 4) is 0 Å². The van der Waals surface area contributed by atoms with Gasteiger partial charge in [-0.1, -0.05) is 85.0 Å². The van der Waals surface area contributed by atoms with Crippen molar-refractivity contribution in [3.05, 3.63) is 11.1 Å². The molecule has 4 heteroatoms. The molecule has 1 aliphatic rings. The maximum Gasteiger partial charge on any atom is 0.334 e. The van der Waals surface area contributed by atoms with Crippen molar-refractivity contribution < 1.29 is 19.1 Å². The zero-order valence-electron chi connectivity index (χ0n) is 19.9. The predicted octanol–water partition coefficient (Wildman–Crippen LogP) is 7.30. The normalized spacial score (nSPS) is 15.6. The first-order valence-electron chi connectivity index (χ1n) is 12.7. The van der Waals surface area contributed by atoms with Gasteiger partial charge in [0.2, 0.25) is 0 Å². The van der Waals surface area contributed by atoms with Gasteiger partial charge in [-0.2, -0.15) is 0 Å². The molecule has 1 aliphatic carbocycles. The van der Waals surface area contributed by atoms with Gasteiger partial charge in [0, 0.05) is 5.57 Å². The number of esters is 2. The zero-order valence-corrected chi connectivity index (χ0v) is 19.9. The van der Waals surface area contributed by atoms with Crippen LogP contribution in [-0.4, -0.2) is 25.2 Å². The first kappa shape index (κ1) is 26.7. The van der Waals surface area contributed by atoms with Crippen LogP contribution in [0.5, 0.6) is 0 Å². The molecule has 1 fully saturated rings. The Hall–Kier alpha value is -1.32. The summed E-state index contributed by atoms with van der Waals surface area (Å²) in [6.07, 6.45) is 16.6. The second kappa shape index (κ2) is 17.4. The zero-order chi connectivity index (χ0) is 22.0. The minimum Gasteiger partial charge on any atom is -0.462 e. The Morgan fingerprint density at radius 2 is 1.20 bits per heavy atom. The molecular weight excluding hydrogens is 376 g/mol. The fourth-order valence-corrected chi connectivity index (χ4v) is 4.14. The molecule has 0 N–H and O–H groups in total. The molecule has 0 aromatic heterocycles. The molecule has 0 atom stereocenters. The van der Waals surface area contributed by atoms with Crippen LogP contribution in [0.15, 0.2) is 11.1 Å². The SMILES string of the molecule is CCCCCCCC/C(C(=O)OCCCC)=C(/C(=O)OCCCC)C1CCCCC1. The van der Waals surface area contributed by atoms with Gasteiger partial charge in [0.15, 0.2) is 0 Å². The number of carbonyl (C=O) groups excluding carboxylic acids is 2.